The Kier molecular flexibility index (Phi) is 5.58. The second-order valence-corrected chi connectivity index (χ2v) is 10.4. The van der Waals surface area contributed by atoms with Gasteiger partial charge in [0, 0.05) is 25.5 Å². The number of nitrogens with zero attached hydrogens (tertiary/aromatic N) is 3. The highest BCUT2D eigenvalue weighted by Gasteiger charge is 2.39. The van der Waals surface area contributed by atoms with Crippen LogP contribution in [0.2, 0.25) is 0 Å². The van der Waals surface area contributed by atoms with Crippen molar-refractivity contribution in [2.45, 2.75) is 30.3 Å². The highest BCUT2D eigenvalue weighted by Crippen LogP contribution is 2.28. The molecule has 0 spiro atoms. The van der Waals surface area contributed by atoms with E-state index in [0.717, 1.165) is 9.44 Å². The summed E-state index contributed by atoms with van der Waals surface area (Å²) in [6, 6.07) is 7.29. The third-order valence-corrected chi connectivity index (χ3v) is 8.37. The molecule has 0 radical (unpaired) electrons. The summed E-state index contributed by atoms with van der Waals surface area (Å²) in [4.78, 5) is 37.9. The molecule has 1 aliphatic rings. The normalized spacial score (nSPS) is 17.3. The van der Waals surface area contributed by atoms with Crippen molar-refractivity contribution in [1.29, 1.82) is 0 Å². The van der Waals surface area contributed by atoms with Gasteiger partial charge in [0.25, 0.3) is 0 Å². The highest BCUT2D eigenvalue weighted by molar-refractivity contribution is 7.89. The Bertz CT molecular complexity index is 1370. The van der Waals surface area contributed by atoms with Crippen LogP contribution in [0.15, 0.2) is 50.2 Å². The number of amides is 1. The molecule has 4 rings (SSSR count). The van der Waals surface area contributed by atoms with Crippen molar-refractivity contribution in [2.75, 3.05) is 6.54 Å². The van der Waals surface area contributed by atoms with Crippen molar-refractivity contribution in [3.63, 3.8) is 0 Å². The first-order valence-electron chi connectivity index (χ1n) is 9.73. The zero-order valence-electron chi connectivity index (χ0n) is 17.1. The molecule has 0 aliphatic carbocycles. The van der Waals surface area contributed by atoms with Crippen LogP contribution in [-0.2, 0) is 35.5 Å². The van der Waals surface area contributed by atoms with E-state index in [0.29, 0.717) is 30.4 Å². The smallest absolute Gasteiger partial charge is 0.316 e. The fraction of sp³-hybridized carbons (Fsp3) is 0.350. The molecule has 9 nitrogen and oxygen atoms in total. The molecule has 1 aromatic carbocycles. The van der Waals surface area contributed by atoms with E-state index >= 15 is 0 Å². The largest absolute Gasteiger partial charge is 0.350 e. The molecule has 1 unspecified atom stereocenters. The molecule has 11 heteroatoms. The first-order valence-corrected chi connectivity index (χ1v) is 12.1. The van der Waals surface area contributed by atoms with Crippen molar-refractivity contribution in [3.8, 4) is 0 Å². The lowest BCUT2D eigenvalue weighted by Gasteiger charge is -2.23. The van der Waals surface area contributed by atoms with Crippen molar-refractivity contribution < 1.29 is 13.2 Å². The second-order valence-electron chi connectivity index (χ2n) is 7.45. The number of aryl methyl sites for hydroxylation is 2. The molecule has 3 heterocycles. The maximum Gasteiger partial charge on any atom is 0.316 e. The van der Waals surface area contributed by atoms with Crippen molar-refractivity contribution in [3.05, 3.63) is 61.3 Å². The van der Waals surface area contributed by atoms with Crippen LogP contribution in [-0.4, -0.2) is 40.4 Å². The van der Waals surface area contributed by atoms with Crippen LogP contribution in [0.3, 0.4) is 0 Å². The third-order valence-electron chi connectivity index (χ3n) is 5.59. The van der Waals surface area contributed by atoms with Crippen LogP contribution >= 0.6 is 11.3 Å². The van der Waals surface area contributed by atoms with E-state index in [9.17, 15) is 22.8 Å². The zero-order chi connectivity index (χ0) is 22.3. The summed E-state index contributed by atoms with van der Waals surface area (Å²) in [5, 5.41) is 4.74. The molecule has 0 saturated carbocycles. The SMILES string of the molecule is Cn1c(=O)c(=O)n(C)c2cc(S(=O)(=O)N3CCCC3C(=O)NCc3cccs3)ccc21. The molecule has 1 aliphatic heterocycles. The van der Waals surface area contributed by atoms with Crippen LogP contribution in [0.1, 0.15) is 17.7 Å². The molecule has 164 valence electrons. The van der Waals surface area contributed by atoms with Crippen LogP contribution < -0.4 is 16.4 Å². The Labute approximate surface area is 182 Å². The second kappa shape index (κ2) is 8.06. The zero-order valence-corrected chi connectivity index (χ0v) is 18.7. The fourth-order valence-electron chi connectivity index (χ4n) is 3.85. The first-order chi connectivity index (χ1) is 14.7. The van der Waals surface area contributed by atoms with Crippen molar-refractivity contribution >= 4 is 38.3 Å². The Morgan fingerprint density at radius 1 is 1.13 bits per heavy atom. The van der Waals surface area contributed by atoms with Gasteiger partial charge in [0.05, 0.1) is 22.5 Å². The molecular formula is C20H22N4O5S2. The van der Waals surface area contributed by atoms with E-state index in [4.69, 9.17) is 0 Å². The van der Waals surface area contributed by atoms with Gasteiger partial charge < -0.3 is 14.5 Å². The number of carbonyl (C=O) groups is 1. The summed E-state index contributed by atoms with van der Waals surface area (Å²) in [5.74, 6) is -0.329. The molecule has 1 fully saturated rings. The van der Waals surface area contributed by atoms with E-state index in [1.54, 1.807) is 0 Å². The number of rotatable bonds is 5. The van der Waals surface area contributed by atoms with E-state index in [1.807, 2.05) is 17.5 Å². The predicted molar refractivity (Wildman–Crippen MR) is 118 cm³/mol. The number of benzene rings is 1. The van der Waals surface area contributed by atoms with Gasteiger partial charge in [0.15, 0.2) is 0 Å². The third kappa shape index (κ3) is 3.73. The van der Waals surface area contributed by atoms with Gasteiger partial charge in [-0.05, 0) is 42.5 Å². The average molecular weight is 463 g/mol. The fourth-order valence-corrected chi connectivity index (χ4v) is 6.17. The maximum atomic E-state index is 13.4. The number of hydrogen-bond acceptors (Lipinski definition) is 6. The van der Waals surface area contributed by atoms with Gasteiger partial charge in [0.2, 0.25) is 15.9 Å². The lowest BCUT2D eigenvalue weighted by molar-refractivity contribution is -0.124. The maximum absolute atomic E-state index is 13.4. The van der Waals surface area contributed by atoms with Crippen LogP contribution in [0, 0.1) is 0 Å². The van der Waals surface area contributed by atoms with E-state index in [1.165, 1.54) is 52.5 Å². The molecule has 3 aromatic rings. The van der Waals surface area contributed by atoms with Gasteiger partial charge in [-0.3, -0.25) is 14.4 Å². The van der Waals surface area contributed by atoms with E-state index < -0.39 is 27.2 Å². The molecule has 2 aromatic heterocycles. The van der Waals surface area contributed by atoms with Crippen molar-refractivity contribution in [2.24, 2.45) is 14.1 Å². The van der Waals surface area contributed by atoms with Gasteiger partial charge in [0.1, 0.15) is 6.04 Å². The lowest BCUT2D eigenvalue weighted by atomic mass is 10.2. The number of aromatic nitrogens is 2. The standard InChI is InChI=1S/C20H22N4O5S2/c1-22-15-8-7-14(11-17(15)23(2)20(27)19(22)26)31(28,29)24-9-3-6-16(24)18(25)21-12-13-5-4-10-30-13/h4-5,7-8,10-11,16H,3,6,9,12H2,1-2H3,(H,21,25). The number of sulfonamides is 1. The minimum Gasteiger partial charge on any atom is -0.350 e. The number of nitrogens with one attached hydrogen (secondary N) is 1. The number of thiophene rings is 1. The summed E-state index contributed by atoms with van der Waals surface area (Å²) in [6.45, 7) is 0.594. The molecule has 1 N–H and O–H groups in total. The quantitative estimate of drug-likeness (QED) is 0.563. The van der Waals surface area contributed by atoms with Crippen LogP contribution in [0.25, 0.3) is 11.0 Å². The summed E-state index contributed by atoms with van der Waals surface area (Å²) >= 11 is 1.52. The molecule has 31 heavy (non-hydrogen) atoms. The number of carbonyl (C=O) groups excluding carboxylic acids is 1. The minimum absolute atomic E-state index is 0.0217. The van der Waals surface area contributed by atoms with E-state index in [-0.39, 0.29) is 17.3 Å². The molecule has 1 saturated heterocycles. The predicted octanol–water partition coefficient (Wildman–Crippen LogP) is 0.768. The van der Waals surface area contributed by atoms with Gasteiger partial charge in [-0.25, -0.2) is 8.42 Å². The van der Waals surface area contributed by atoms with Gasteiger partial charge in [-0.15, -0.1) is 11.3 Å². The van der Waals surface area contributed by atoms with Gasteiger partial charge in [-0.1, -0.05) is 6.07 Å². The van der Waals surface area contributed by atoms with Crippen LogP contribution in [0.4, 0.5) is 0 Å². The van der Waals surface area contributed by atoms with Crippen molar-refractivity contribution in [1.82, 2.24) is 18.8 Å². The molecule has 0 bridgehead atoms. The summed E-state index contributed by atoms with van der Waals surface area (Å²) in [6.07, 6.45) is 1.02. The minimum atomic E-state index is -3.98. The Balaban J connectivity index is 1.67. The summed E-state index contributed by atoms with van der Waals surface area (Å²) in [5.41, 5.74) is -0.659. The molecular weight excluding hydrogens is 440 g/mol. The summed E-state index contributed by atoms with van der Waals surface area (Å²) in [7, 11) is -1.08. The molecule has 1 atom stereocenters. The Morgan fingerprint density at radius 2 is 1.84 bits per heavy atom. The lowest BCUT2D eigenvalue weighted by Crippen LogP contribution is -2.45. The number of hydrogen-bond donors (Lipinski definition) is 1. The highest BCUT2D eigenvalue weighted by atomic mass is 32.2. The first kappa shape index (κ1) is 21.5. The van der Waals surface area contributed by atoms with Gasteiger partial charge >= 0.3 is 11.1 Å². The van der Waals surface area contributed by atoms with Crippen LogP contribution in [0.5, 0.6) is 0 Å². The summed E-state index contributed by atoms with van der Waals surface area (Å²) < 4.78 is 30.3. The Hall–Kier alpha value is -2.76. The van der Waals surface area contributed by atoms with E-state index in [2.05, 4.69) is 5.32 Å². The Morgan fingerprint density at radius 3 is 2.52 bits per heavy atom. The molecule has 1 amide bonds. The average Bonchev–Trinajstić information content (AvgIpc) is 3.46. The topological polar surface area (TPSA) is 110 Å². The van der Waals surface area contributed by atoms with Gasteiger partial charge in [-0.2, -0.15) is 4.31 Å². The number of fused-ring (bicyclic) bond motifs is 1. The monoisotopic (exact) mass is 462 g/mol.